The van der Waals surface area contributed by atoms with Gasteiger partial charge in [-0.25, -0.2) is 4.98 Å². The van der Waals surface area contributed by atoms with Crippen molar-refractivity contribution in [1.29, 1.82) is 5.26 Å². The standard InChI is InChI=1S/C17H15N3O2S/c1-2-5-11-8-15(23-10-16(21)22)20-14-7-4-3-6-13(14)19-17(20)12(11)9-18/h3-4,6-8H,2,5,10H2,1H3,(H,21,22)/p-1. The Hall–Kier alpha value is -2.52. The van der Waals surface area contributed by atoms with E-state index in [1.165, 1.54) is 11.8 Å². The van der Waals surface area contributed by atoms with Gasteiger partial charge in [-0.15, -0.1) is 11.8 Å². The van der Waals surface area contributed by atoms with Crippen LogP contribution < -0.4 is 5.11 Å². The maximum absolute atomic E-state index is 10.8. The van der Waals surface area contributed by atoms with Crippen molar-refractivity contribution in [1.82, 2.24) is 9.38 Å². The molecule has 0 spiro atoms. The fourth-order valence-corrected chi connectivity index (χ4v) is 3.48. The van der Waals surface area contributed by atoms with Crippen LogP contribution in [0, 0.1) is 11.3 Å². The maximum Gasteiger partial charge on any atom is 0.157 e. The molecule has 1 aromatic carbocycles. The van der Waals surface area contributed by atoms with Crippen LogP contribution in [0.2, 0.25) is 0 Å². The van der Waals surface area contributed by atoms with E-state index in [0.717, 1.165) is 34.5 Å². The third kappa shape index (κ3) is 2.76. The molecule has 0 saturated carbocycles. The quantitative estimate of drug-likeness (QED) is 0.672. The molecule has 0 aliphatic heterocycles. The van der Waals surface area contributed by atoms with Crippen LogP contribution in [0.25, 0.3) is 16.7 Å². The molecule has 3 rings (SSSR count). The lowest BCUT2D eigenvalue weighted by Crippen LogP contribution is -2.24. The van der Waals surface area contributed by atoms with Gasteiger partial charge in [-0.2, -0.15) is 5.26 Å². The molecule has 3 aromatic rings. The number of aliphatic carboxylic acids is 1. The summed E-state index contributed by atoms with van der Waals surface area (Å²) in [5, 5.41) is 21.2. The number of aryl methyl sites for hydroxylation is 1. The number of carbonyl (C=O) groups is 1. The Balaban J connectivity index is 2.34. The molecule has 0 bridgehead atoms. The van der Waals surface area contributed by atoms with E-state index in [1.54, 1.807) is 0 Å². The van der Waals surface area contributed by atoms with Crippen LogP contribution in [0.4, 0.5) is 0 Å². The van der Waals surface area contributed by atoms with Crippen LogP contribution in [0.3, 0.4) is 0 Å². The number of aromatic nitrogens is 2. The zero-order valence-corrected chi connectivity index (χ0v) is 13.4. The van der Waals surface area contributed by atoms with E-state index >= 15 is 0 Å². The van der Waals surface area contributed by atoms with Crippen LogP contribution in [0.1, 0.15) is 24.5 Å². The van der Waals surface area contributed by atoms with Gasteiger partial charge in [-0.05, 0) is 30.2 Å². The summed E-state index contributed by atoms with van der Waals surface area (Å²) in [4.78, 5) is 15.4. The highest BCUT2D eigenvalue weighted by Gasteiger charge is 2.16. The second kappa shape index (κ2) is 6.31. The first-order chi connectivity index (χ1) is 11.2. The van der Waals surface area contributed by atoms with Gasteiger partial charge in [0.15, 0.2) is 5.65 Å². The number of carboxylic acids is 1. The molecule has 0 N–H and O–H groups in total. The van der Waals surface area contributed by atoms with Gasteiger partial charge in [0.25, 0.3) is 0 Å². The van der Waals surface area contributed by atoms with Gasteiger partial charge in [-0.1, -0.05) is 25.5 Å². The molecule has 0 fully saturated rings. The van der Waals surface area contributed by atoms with E-state index in [4.69, 9.17) is 0 Å². The molecule has 23 heavy (non-hydrogen) atoms. The summed E-state index contributed by atoms with van der Waals surface area (Å²) in [5.41, 5.74) is 3.69. The summed E-state index contributed by atoms with van der Waals surface area (Å²) in [7, 11) is 0. The van der Waals surface area contributed by atoms with Crippen molar-refractivity contribution < 1.29 is 9.90 Å². The smallest absolute Gasteiger partial charge is 0.157 e. The molecule has 2 heterocycles. The molecular weight excluding hydrogens is 310 g/mol. The minimum atomic E-state index is -1.12. The third-order valence-electron chi connectivity index (χ3n) is 3.59. The van der Waals surface area contributed by atoms with E-state index in [2.05, 4.69) is 11.1 Å². The Morgan fingerprint density at radius 1 is 1.43 bits per heavy atom. The predicted molar refractivity (Wildman–Crippen MR) is 87.1 cm³/mol. The number of rotatable bonds is 5. The maximum atomic E-state index is 10.8. The fourth-order valence-electron chi connectivity index (χ4n) is 2.67. The van der Waals surface area contributed by atoms with Crippen molar-refractivity contribution >= 4 is 34.4 Å². The highest BCUT2D eigenvalue weighted by atomic mass is 32.2. The van der Waals surface area contributed by atoms with Crippen LogP contribution in [0.15, 0.2) is 35.4 Å². The van der Waals surface area contributed by atoms with Gasteiger partial charge < -0.3 is 9.90 Å². The second-order valence-electron chi connectivity index (χ2n) is 5.16. The van der Waals surface area contributed by atoms with Gasteiger partial charge >= 0.3 is 0 Å². The summed E-state index contributed by atoms with van der Waals surface area (Å²) in [6.07, 6.45) is 1.65. The van der Waals surface area contributed by atoms with Crippen LogP contribution in [-0.2, 0) is 11.2 Å². The molecule has 0 atom stereocenters. The van der Waals surface area contributed by atoms with Crippen LogP contribution >= 0.6 is 11.8 Å². The highest BCUT2D eigenvalue weighted by Crippen LogP contribution is 2.30. The number of benzene rings is 1. The highest BCUT2D eigenvalue weighted by molar-refractivity contribution is 7.99. The molecule has 6 heteroatoms. The van der Waals surface area contributed by atoms with Gasteiger partial charge in [0, 0.05) is 5.75 Å². The molecule has 0 saturated heterocycles. The zero-order chi connectivity index (χ0) is 16.4. The lowest BCUT2D eigenvalue weighted by molar-refractivity contribution is -0.301. The Labute approximate surface area is 137 Å². The molecule has 116 valence electrons. The number of carboxylic acid groups (broad SMARTS) is 1. The number of thioether (sulfide) groups is 1. The number of fused-ring (bicyclic) bond motifs is 3. The number of hydrogen-bond donors (Lipinski definition) is 0. The summed E-state index contributed by atoms with van der Waals surface area (Å²) in [6.45, 7) is 2.04. The summed E-state index contributed by atoms with van der Waals surface area (Å²) in [6, 6.07) is 11.7. The van der Waals surface area contributed by atoms with E-state index < -0.39 is 5.97 Å². The van der Waals surface area contributed by atoms with E-state index in [1.807, 2.05) is 41.7 Å². The van der Waals surface area contributed by atoms with Gasteiger partial charge in [0.2, 0.25) is 0 Å². The number of nitriles is 1. The Bertz CT molecular complexity index is 940. The Kier molecular flexibility index (Phi) is 4.22. The fraction of sp³-hybridized carbons (Fsp3) is 0.235. The van der Waals surface area contributed by atoms with Gasteiger partial charge in [0.05, 0.1) is 27.6 Å². The van der Waals surface area contributed by atoms with Crippen molar-refractivity contribution in [3.63, 3.8) is 0 Å². The van der Waals surface area contributed by atoms with E-state index in [-0.39, 0.29) is 5.75 Å². The number of imidazole rings is 1. The average molecular weight is 324 g/mol. The number of para-hydroxylation sites is 2. The number of hydrogen-bond acceptors (Lipinski definition) is 5. The zero-order valence-electron chi connectivity index (χ0n) is 12.6. The molecule has 0 aliphatic carbocycles. The van der Waals surface area contributed by atoms with Crippen molar-refractivity contribution in [2.24, 2.45) is 0 Å². The van der Waals surface area contributed by atoms with Gasteiger partial charge in [0.1, 0.15) is 6.07 Å². The second-order valence-corrected chi connectivity index (χ2v) is 6.16. The summed E-state index contributed by atoms with van der Waals surface area (Å²) in [5.74, 6) is -1.26. The lowest BCUT2D eigenvalue weighted by Gasteiger charge is -2.11. The summed E-state index contributed by atoms with van der Waals surface area (Å²) < 4.78 is 1.86. The minimum Gasteiger partial charge on any atom is -0.549 e. The molecular formula is C17H14N3O2S-. The van der Waals surface area contributed by atoms with Crippen molar-refractivity contribution in [2.75, 3.05) is 5.75 Å². The number of nitrogens with zero attached hydrogens (tertiary/aromatic N) is 3. The molecule has 0 radical (unpaired) electrons. The SMILES string of the molecule is CCCc1cc(SCC(=O)[O-])n2c(nc3ccccc32)c1C#N. The molecule has 5 nitrogen and oxygen atoms in total. The van der Waals surface area contributed by atoms with Crippen molar-refractivity contribution in [3.8, 4) is 6.07 Å². The third-order valence-corrected chi connectivity index (χ3v) is 4.57. The number of pyridine rings is 1. The molecule has 0 unspecified atom stereocenters. The first-order valence-electron chi connectivity index (χ1n) is 7.31. The average Bonchev–Trinajstić information content (AvgIpc) is 2.92. The van der Waals surface area contributed by atoms with E-state index in [0.29, 0.717) is 11.2 Å². The molecule has 2 aromatic heterocycles. The minimum absolute atomic E-state index is 0.140. The monoisotopic (exact) mass is 324 g/mol. The van der Waals surface area contributed by atoms with Gasteiger partial charge in [-0.3, -0.25) is 4.40 Å². The Morgan fingerprint density at radius 2 is 2.22 bits per heavy atom. The predicted octanol–water partition coefficient (Wildman–Crippen LogP) is 2.15. The van der Waals surface area contributed by atoms with Crippen molar-refractivity contribution in [2.45, 2.75) is 24.8 Å². The largest absolute Gasteiger partial charge is 0.549 e. The first kappa shape index (κ1) is 15.4. The van der Waals surface area contributed by atoms with Crippen LogP contribution in [0.5, 0.6) is 0 Å². The van der Waals surface area contributed by atoms with Crippen LogP contribution in [-0.4, -0.2) is 21.1 Å². The summed E-state index contributed by atoms with van der Waals surface area (Å²) >= 11 is 1.19. The molecule has 0 amide bonds. The first-order valence-corrected chi connectivity index (χ1v) is 8.30. The van der Waals surface area contributed by atoms with Crippen molar-refractivity contribution in [3.05, 3.63) is 41.5 Å². The molecule has 0 aliphatic rings. The number of carbonyl (C=O) groups excluding carboxylic acids is 1. The van der Waals surface area contributed by atoms with E-state index in [9.17, 15) is 15.2 Å². The normalized spacial score (nSPS) is 11.0. The lowest BCUT2D eigenvalue weighted by atomic mass is 10.1. The Morgan fingerprint density at radius 3 is 2.91 bits per heavy atom. The topological polar surface area (TPSA) is 81.2 Å².